The van der Waals surface area contributed by atoms with E-state index in [2.05, 4.69) is 19.9 Å². The second-order valence-electron chi connectivity index (χ2n) is 11.4. The van der Waals surface area contributed by atoms with Gasteiger partial charge in [-0.2, -0.15) is 13.0 Å². The third-order valence-electron chi connectivity index (χ3n) is 7.79. The summed E-state index contributed by atoms with van der Waals surface area (Å²) in [7, 11) is -7.52. The SMILES string of the molecule is CC1(C)C(/C=C/C=C/C=C2/N(CCC(=O)O)c3ccc(S(=O)(=O)O)cc3C2(C)C)=[N+](CCC(=O)O)c2ccccc21.O=S(=O)=O. The number of aliphatic carboxylic acids is 2. The van der Waals surface area contributed by atoms with Gasteiger partial charge in [0.05, 0.1) is 16.7 Å². The van der Waals surface area contributed by atoms with E-state index in [1.807, 2.05) is 71.9 Å². The molecule has 0 unspecified atom stereocenters. The predicted molar refractivity (Wildman–Crippen MR) is 166 cm³/mol. The molecule has 2 aromatic carbocycles. The molecule has 12 nitrogen and oxygen atoms in total. The van der Waals surface area contributed by atoms with Crippen molar-refractivity contribution in [2.75, 3.05) is 18.0 Å². The van der Waals surface area contributed by atoms with Gasteiger partial charge in [-0.3, -0.25) is 14.1 Å². The number of para-hydroxylation sites is 1. The molecule has 0 saturated carbocycles. The summed E-state index contributed by atoms with van der Waals surface area (Å²) in [5, 5.41) is 18.6. The summed E-state index contributed by atoms with van der Waals surface area (Å²) in [5.74, 6) is -1.81. The van der Waals surface area contributed by atoms with Crippen LogP contribution in [0.5, 0.6) is 0 Å². The fourth-order valence-corrected chi connectivity index (χ4v) is 6.22. The fraction of sp³-hybridized carbons (Fsp3) is 0.323. The van der Waals surface area contributed by atoms with Gasteiger partial charge in [-0.1, -0.05) is 50.3 Å². The number of hydrogen-bond acceptors (Lipinski definition) is 8. The second kappa shape index (κ2) is 13.7. The smallest absolute Gasteiger partial charge is 0.425 e. The fourth-order valence-electron chi connectivity index (χ4n) is 5.71. The monoisotopic (exact) mass is 659 g/mol. The van der Waals surface area contributed by atoms with Gasteiger partial charge in [0.1, 0.15) is 6.42 Å². The van der Waals surface area contributed by atoms with E-state index in [1.165, 1.54) is 12.1 Å². The van der Waals surface area contributed by atoms with Crippen LogP contribution in [0.3, 0.4) is 0 Å². The van der Waals surface area contributed by atoms with Gasteiger partial charge in [-0.05, 0) is 43.7 Å². The average Bonchev–Trinajstić information content (AvgIpc) is 3.28. The first-order valence-electron chi connectivity index (χ1n) is 13.8. The molecule has 0 amide bonds. The molecule has 0 bridgehead atoms. The molecular weight excluding hydrogens is 624 g/mol. The summed E-state index contributed by atoms with van der Waals surface area (Å²) < 4.78 is 60.5. The molecule has 2 aliphatic heterocycles. The van der Waals surface area contributed by atoms with Gasteiger partial charge in [-0.25, -0.2) is 0 Å². The molecule has 4 rings (SSSR count). The lowest BCUT2D eigenvalue weighted by Gasteiger charge is -2.26. The van der Waals surface area contributed by atoms with E-state index in [-0.39, 0.29) is 29.7 Å². The number of allylic oxidation sites excluding steroid dienone is 6. The van der Waals surface area contributed by atoms with Gasteiger partial charge in [0.25, 0.3) is 10.1 Å². The molecule has 2 heterocycles. The van der Waals surface area contributed by atoms with Gasteiger partial charge in [0.2, 0.25) is 5.69 Å². The summed E-state index contributed by atoms with van der Waals surface area (Å²) in [6.07, 6.45) is 9.33. The Kier molecular flexibility index (Phi) is 10.7. The number of hydrogen-bond donors (Lipinski definition) is 3. The van der Waals surface area contributed by atoms with Crippen LogP contribution in [-0.4, -0.2) is 71.1 Å². The molecular formula is C31H35N2O10S2+. The molecule has 0 saturated heterocycles. The van der Waals surface area contributed by atoms with Gasteiger partial charge in [0, 0.05) is 41.1 Å². The zero-order chi connectivity index (χ0) is 33.7. The number of benzene rings is 2. The van der Waals surface area contributed by atoms with Crippen LogP contribution in [0.1, 0.15) is 51.7 Å². The van der Waals surface area contributed by atoms with Crippen LogP contribution in [0.25, 0.3) is 0 Å². The van der Waals surface area contributed by atoms with Gasteiger partial charge in [-0.15, -0.1) is 12.6 Å². The average molecular weight is 660 g/mol. The minimum Gasteiger partial charge on any atom is -0.481 e. The van der Waals surface area contributed by atoms with Crippen LogP contribution in [0, 0.1) is 0 Å². The number of fused-ring (bicyclic) bond motifs is 2. The minimum atomic E-state index is -4.40. The van der Waals surface area contributed by atoms with E-state index in [9.17, 15) is 32.8 Å². The minimum absolute atomic E-state index is 0.00477. The first-order valence-corrected chi connectivity index (χ1v) is 16.2. The van der Waals surface area contributed by atoms with Crippen molar-refractivity contribution < 1.29 is 50.0 Å². The molecule has 0 aromatic heterocycles. The summed E-state index contributed by atoms with van der Waals surface area (Å²) in [4.78, 5) is 24.3. The van der Waals surface area contributed by atoms with E-state index in [0.29, 0.717) is 17.8 Å². The largest absolute Gasteiger partial charge is 0.481 e. The maximum Gasteiger partial charge on any atom is 0.425 e. The maximum absolute atomic E-state index is 11.8. The highest BCUT2D eigenvalue weighted by Gasteiger charge is 2.44. The Morgan fingerprint density at radius 1 is 0.889 bits per heavy atom. The van der Waals surface area contributed by atoms with Gasteiger partial charge in [0.15, 0.2) is 12.3 Å². The lowest BCUT2D eigenvalue weighted by Crippen LogP contribution is -2.28. The van der Waals surface area contributed by atoms with E-state index >= 15 is 0 Å². The van der Waals surface area contributed by atoms with Crippen molar-refractivity contribution in [1.29, 1.82) is 0 Å². The summed E-state index contributed by atoms with van der Waals surface area (Å²) in [6.45, 7) is 8.60. The highest BCUT2D eigenvalue weighted by Crippen LogP contribution is 2.48. The molecule has 0 aliphatic carbocycles. The van der Waals surface area contributed by atoms with E-state index in [1.54, 1.807) is 6.07 Å². The Bertz CT molecular complexity index is 1850. The zero-order valence-corrected chi connectivity index (χ0v) is 26.8. The van der Waals surface area contributed by atoms with Crippen molar-refractivity contribution >= 4 is 49.8 Å². The van der Waals surface area contributed by atoms with E-state index in [0.717, 1.165) is 22.7 Å². The molecule has 0 radical (unpaired) electrons. The van der Waals surface area contributed by atoms with Crippen LogP contribution < -0.4 is 4.90 Å². The third-order valence-corrected chi connectivity index (χ3v) is 8.64. The zero-order valence-electron chi connectivity index (χ0n) is 25.2. The molecule has 2 aliphatic rings. The van der Waals surface area contributed by atoms with Crippen LogP contribution >= 0.6 is 0 Å². The molecule has 240 valence electrons. The highest BCUT2D eigenvalue weighted by atomic mass is 32.2. The quantitative estimate of drug-likeness (QED) is 0.190. The van der Waals surface area contributed by atoms with E-state index in [4.69, 9.17) is 12.6 Å². The first-order chi connectivity index (χ1) is 20.9. The summed E-state index contributed by atoms with van der Waals surface area (Å²) >= 11 is 0. The van der Waals surface area contributed by atoms with Crippen molar-refractivity contribution in [1.82, 2.24) is 0 Å². The maximum atomic E-state index is 11.8. The highest BCUT2D eigenvalue weighted by molar-refractivity contribution is 7.85. The van der Waals surface area contributed by atoms with Crippen molar-refractivity contribution in [3.8, 4) is 0 Å². The summed E-state index contributed by atoms with van der Waals surface area (Å²) in [6, 6.07) is 12.3. The van der Waals surface area contributed by atoms with Gasteiger partial charge < -0.3 is 15.1 Å². The van der Waals surface area contributed by atoms with Gasteiger partial charge >= 0.3 is 22.5 Å². The Morgan fingerprint density at radius 2 is 1.51 bits per heavy atom. The Hall–Kier alpha value is -4.40. The Morgan fingerprint density at radius 3 is 2.11 bits per heavy atom. The first kappa shape index (κ1) is 35.1. The van der Waals surface area contributed by atoms with Crippen LogP contribution in [0.2, 0.25) is 0 Å². The topological polar surface area (TPSA) is 186 Å². The normalized spacial score (nSPS) is 17.4. The Labute approximate surface area is 263 Å². The third kappa shape index (κ3) is 8.01. The van der Waals surface area contributed by atoms with Crippen molar-refractivity contribution in [2.45, 2.75) is 56.3 Å². The molecule has 2 aromatic rings. The number of carboxylic acids is 2. The van der Waals surface area contributed by atoms with Crippen LogP contribution in [0.15, 0.2) is 83.4 Å². The van der Waals surface area contributed by atoms with Crippen LogP contribution in [-0.2, 0) is 41.1 Å². The molecule has 45 heavy (non-hydrogen) atoms. The van der Waals surface area contributed by atoms with Crippen molar-refractivity contribution in [2.24, 2.45) is 0 Å². The molecule has 0 spiro atoms. The molecule has 0 fully saturated rings. The second-order valence-corrected chi connectivity index (χ2v) is 13.2. The number of rotatable bonds is 10. The van der Waals surface area contributed by atoms with Crippen LogP contribution in [0.4, 0.5) is 11.4 Å². The van der Waals surface area contributed by atoms with Crippen molar-refractivity contribution in [3.63, 3.8) is 0 Å². The number of carbonyl (C=O) groups is 2. The Balaban J connectivity index is 0.00000130. The molecule has 3 N–H and O–H groups in total. The predicted octanol–water partition coefficient (Wildman–Crippen LogP) is 4.05. The number of anilines is 1. The number of nitrogens with zero attached hydrogens (tertiary/aromatic N) is 2. The summed E-state index contributed by atoms with van der Waals surface area (Å²) in [5.41, 5.74) is 4.25. The molecule has 0 atom stereocenters. The standard InChI is InChI=1S/C31H34N2O7S.O3S/c1-30(2)22-10-8-9-11-24(22)32(18-16-28(34)35)26(30)12-6-5-7-13-27-31(3,4)23-20-21(41(38,39)40)14-15-25(23)33(27)19-17-29(36)37;1-4(2)3/h5-15,20H,16-19H2,1-4H3,(H2-,34,35,36,37,38,39,40);/p+1. The van der Waals surface area contributed by atoms with Crippen molar-refractivity contribution in [3.05, 3.63) is 89.7 Å². The van der Waals surface area contributed by atoms with E-state index < -0.39 is 38.1 Å². The number of carboxylic acid groups (broad SMARTS) is 2. The lowest BCUT2D eigenvalue weighted by molar-refractivity contribution is -0.436. The lowest BCUT2D eigenvalue weighted by atomic mass is 9.81. The molecule has 14 heteroatoms.